The van der Waals surface area contributed by atoms with E-state index in [0.717, 1.165) is 24.4 Å². The monoisotopic (exact) mass is 244 g/mol. The second kappa shape index (κ2) is 3.90. The molecule has 1 fully saturated rings. The van der Waals surface area contributed by atoms with Gasteiger partial charge in [0.2, 0.25) is 0 Å². The number of hydrogen-bond donors (Lipinski definition) is 1. The standard InChI is InChI=1S/C12H12N4O2/c1-7-9(12(17)18)3-2-4-10(7)16-11(8-5-6-8)13-14-15-16/h2-4,8H,5-6H2,1H3,(H,17,18). The molecule has 0 spiro atoms. The van der Waals surface area contributed by atoms with Crippen LogP contribution in [0.4, 0.5) is 0 Å². The average molecular weight is 244 g/mol. The van der Waals surface area contributed by atoms with Crippen molar-refractivity contribution in [3.8, 4) is 5.69 Å². The van der Waals surface area contributed by atoms with Gasteiger partial charge in [-0.1, -0.05) is 6.07 Å². The lowest BCUT2D eigenvalue weighted by Crippen LogP contribution is -2.08. The Hall–Kier alpha value is -2.24. The van der Waals surface area contributed by atoms with E-state index in [2.05, 4.69) is 15.5 Å². The highest BCUT2D eigenvalue weighted by atomic mass is 16.4. The van der Waals surface area contributed by atoms with Gasteiger partial charge in [-0.2, -0.15) is 4.68 Å². The lowest BCUT2D eigenvalue weighted by molar-refractivity contribution is 0.0696. The second-order valence-electron chi connectivity index (χ2n) is 4.48. The van der Waals surface area contributed by atoms with Crippen molar-refractivity contribution in [2.24, 2.45) is 0 Å². The predicted molar refractivity (Wildman–Crippen MR) is 62.8 cm³/mol. The van der Waals surface area contributed by atoms with E-state index in [1.165, 1.54) is 0 Å². The number of nitrogens with zero attached hydrogens (tertiary/aromatic N) is 4. The zero-order valence-electron chi connectivity index (χ0n) is 9.87. The summed E-state index contributed by atoms with van der Waals surface area (Å²) >= 11 is 0. The Morgan fingerprint density at radius 2 is 2.22 bits per heavy atom. The van der Waals surface area contributed by atoms with Gasteiger partial charge in [-0.25, -0.2) is 4.79 Å². The molecular weight excluding hydrogens is 232 g/mol. The van der Waals surface area contributed by atoms with Gasteiger partial charge >= 0.3 is 5.97 Å². The van der Waals surface area contributed by atoms with Gasteiger partial charge < -0.3 is 5.11 Å². The maximum absolute atomic E-state index is 11.1. The fourth-order valence-electron chi connectivity index (χ4n) is 2.05. The van der Waals surface area contributed by atoms with Crippen LogP contribution in [-0.4, -0.2) is 31.3 Å². The molecule has 0 atom stereocenters. The van der Waals surface area contributed by atoms with E-state index in [4.69, 9.17) is 5.11 Å². The minimum Gasteiger partial charge on any atom is -0.478 e. The molecule has 1 aliphatic rings. The van der Waals surface area contributed by atoms with Gasteiger partial charge in [0.05, 0.1) is 11.3 Å². The van der Waals surface area contributed by atoms with Gasteiger partial charge in [-0.3, -0.25) is 0 Å². The molecule has 1 aromatic carbocycles. The fraction of sp³-hybridized carbons (Fsp3) is 0.333. The van der Waals surface area contributed by atoms with Crippen LogP contribution in [0, 0.1) is 6.92 Å². The van der Waals surface area contributed by atoms with E-state index < -0.39 is 5.97 Å². The molecule has 0 unspecified atom stereocenters. The summed E-state index contributed by atoms with van der Waals surface area (Å²) in [6, 6.07) is 5.14. The molecule has 1 N–H and O–H groups in total. The summed E-state index contributed by atoms with van der Waals surface area (Å²) in [6.45, 7) is 1.77. The first-order valence-corrected chi connectivity index (χ1v) is 5.80. The van der Waals surface area contributed by atoms with E-state index in [9.17, 15) is 4.79 Å². The smallest absolute Gasteiger partial charge is 0.336 e. The second-order valence-corrected chi connectivity index (χ2v) is 4.48. The molecule has 1 aromatic heterocycles. The zero-order chi connectivity index (χ0) is 12.7. The molecule has 0 aliphatic heterocycles. The minimum atomic E-state index is -0.935. The number of rotatable bonds is 3. The molecule has 0 radical (unpaired) electrons. The Morgan fingerprint density at radius 1 is 1.44 bits per heavy atom. The van der Waals surface area contributed by atoms with Crippen molar-refractivity contribution in [1.82, 2.24) is 20.2 Å². The van der Waals surface area contributed by atoms with Gasteiger partial charge in [-0.05, 0) is 47.9 Å². The molecule has 1 heterocycles. The Balaban J connectivity index is 2.14. The lowest BCUT2D eigenvalue weighted by atomic mass is 10.1. The maximum Gasteiger partial charge on any atom is 0.336 e. The van der Waals surface area contributed by atoms with Crippen molar-refractivity contribution in [2.45, 2.75) is 25.7 Å². The van der Waals surface area contributed by atoms with Gasteiger partial charge in [0, 0.05) is 5.92 Å². The molecule has 3 rings (SSSR count). The van der Waals surface area contributed by atoms with Crippen molar-refractivity contribution in [3.05, 3.63) is 35.2 Å². The lowest BCUT2D eigenvalue weighted by Gasteiger charge is -2.09. The summed E-state index contributed by atoms with van der Waals surface area (Å²) in [7, 11) is 0. The number of carboxylic acids is 1. The number of carbonyl (C=O) groups is 1. The molecule has 0 amide bonds. The number of benzene rings is 1. The number of tetrazole rings is 1. The summed E-state index contributed by atoms with van der Waals surface area (Å²) in [5.74, 6) is 0.295. The zero-order valence-corrected chi connectivity index (χ0v) is 9.87. The van der Waals surface area contributed by atoms with E-state index >= 15 is 0 Å². The summed E-state index contributed by atoms with van der Waals surface area (Å²) in [5, 5.41) is 20.8. The first-order chi connectivity index (χ1) is 8.68. The van der Waals surface area contributed by atoms with Crippen molar-refractivity contribution >= 4 is 5.97 Å². The maximum atomic E-state index is 11.1. The Morgan fingerprint density at radius 3 is 2.89 bits per heavy atom. The molecule has 2 aromatic rings. The van der Waals surface area contributed by atoms with E-state index in [0.29, 0.717) is 11.5 Å². The van der Waals surface area contributed by atoms with Crippen LogP contribution in [0.25, 0.3) is 5.69 Å². The minimum absolute atomic E-state index is 0.282. The normalized spacial score (nSPS) is 14.7. The third-order valence-corrected chi connectivity index (χ3v) is 3.20. The fourth-order valence-corrected chi connectivity index (χ4v) is 2.05. The summed E-state index contributed by atoms with van der Waals surface area (Å²) < 4.78 is 1.65. The van der Waals surface area contributed by atoms with Crippen LogP contribution >= 0.6 is 0 Å². The highest BCUT2D eigenvalue weighted by molar-refractivity contribution is 5.90. The number of carboxylic acid groups (broad SMARTS) is 1. The summed E-state index contributed by atoms with van der Waals surface area (Å²) in [5.41, 5.74) is 1.70. The largest absolute Gasteiger partial charge is 0.478 e. The molecule has 0 bridgehead atoms. The highest BCUT2D eigenvalue weighted by Gasteiger charge is 2.30. The molecule has 6 heteroatoms. The molecule has 1 aliphatic carbocycles. The number of hydrogen-bond acceptors (Lipinski definition) is 4. The molecular formula is C12H12N4O2. The average Bonchev–Trinajstić information content (AvgIpc) is 3.08. The molecule has 1 saturated carbocycles. The van der Waals surface area contributed by atoms with E-state index in [1.54, 1.807) is 23.7 Å². The van der Waals surface area contributed by atoms with Crippen LogP contribution in [0.1, 0.15) is 40.5 Å². The molecule has 92 valence electrons. The third-order valence-electron chi connectivity index (χ3n) is 3.20. The Bertz CT molecular complexity index is 616. The Labute approximate surface area is 103 Å². The highest BCUT2D eigenvalue weighted by Crippen LogP contribution is 2.39. The van der Waals surface area contributed by atoms with Gasteiger partial charge in [0.15, 0.2) is 5.82 Å². The van der Waals surface area contributed by atoms with Crippen molar-refractivity contribution < 1.29 is 9.90 Å². The van der Waals surface area contributed by atoms with Crippen molar-refractivity contribution in [1.29, 1.82) is 0 Å². The van der Waals surface area contributed by atoms with Crippen LogP contribution in [0.15, 0.2) is 18.2 Å². The predicted octanol–water partition coefficient (Wildman–Crippen LogP) is 1.55. The quantitative estimate of drug-likeness (QED) is 0.885. The number of aromatic nitrogens is 4. The van der Waals surface area contributed by atoms with E-state index in [1.807, 2.05) is 6.07 Å². The number of aromatic carboxylic acids is 1. The Kier molecular flexibility index (Phi) is 2.36. The SMILES string of the molecule is Cc1c(C(=O)O)cccc1-n1nnnc1C1CC1. The van der Waals surface area contributed by atoms with Gasteiger partial charge in [0.1, 0.15) is 0 Å². The molecule has 0 saturated heterocycles. The molecule has 6 nitrogen and oxygen atoms in total. The molecule has 18 heavy (non-hydrogen) atoms. The topological polar surface area (TPSA) is 80.9 Å². The van der Waals surface area contributed by atoms with E-state index in [-0.39, 0.29) is 5.56 Å². The first-order valence-electron chi connectivity index (χ1n) is 5.80. The van der Waals surface area contributed by atoms with Crippen LogP contribution in [0.5, 0.6) is 0 Å². The van der Waals surface area contributed by atoms with Crippen molar-refractivity contribution in [3.63, 3.8) is 0 Å². The van der Waals surface area contributed by atoms with Gasteiger partial charge in [-0.15, -0.1) is 5.10 Å². The van der Waals surface area contributed by atoms with Gasteiger partial charge in [0.25, 0.3) is 0 Å². The van der Waals surface area contributed by atoms with Crippen molar-refractivity contribution in [2.75, 3.05) is 0 Å². The van der Waals surface area contributed by atoms with Crippen LogP contribution in [0.2, 0.25) is 0 Å². The van der Waals surface area contributed by atoms with Crippen LogP contribution in [0.3, 0.4) is 0 Å². The summed E-state index contributed by atoms with van der Waals surface area (Å²) in [6.07, 6.45) is 2.19. The summed E-state index contributed by atoms with van der Waals surface area (Å²) in [4.78, 5) is 11.1. The van der Waals surface area contributed by atoms with Crippen LogP contribution < -0.4 is 0 Å². The third kappa shape index (κ3) is 1.66. The first kappa shape index (κ1) is 10.9. The van der Waals surface area contributed by atoms with Crippen LogP contribution in [-0.2, 0) is 0 Å².